The monoisotopic (exact) mass is 499 g/mol. The third-order valence-corrected chi connectivity index (χ3v) is 7.21. The van der Waals surface area contributed by atoms with Crippen LogP contribution in [0.4, 0.5) is 11.6 Å². The Morgan fingerprint density at radius 1 is 1.14 bits per heavy atom. The van der Waals surface area contributed by atoms with E-state index >= 15 is 0 Å². The van der Waals surface area contributed by atoms with Crippen molar-refractivity contribution in [2.75, 3.05) is 5.32 Å². The number of hydrogen-bond donors (Lipinski definition) is 3. The van der Waals surface area contributed by atoms with Gasteiger partial charge in [0.2, 0.25) is 5.95 Å². The lowest BCUT2D eigenvalue weighted by atomic mass is 9.84. The highest BCUT2D eigenvalue weighted by atomic mass is 16.3. The Labute approximate surface area is 215 Å². The number of fused-ring (bicyclic) bond motifs is 2. The Kier molecular flexibility index (Phi) is 5.29. The number of hydrogen-bond acceptors (Lipinski definition) is 7. The average Bonchev–Trinajstić information content (AvgIpc) is 3.61. The maximum Gasteiger partial charge on any atom is 0.278 e. The van der Waals surface area contributed by atoms with Crippen LogP contribution in [-0.2, 0) is 17.4 Å². The number of benzene rings is 1. The third kappa shape index (κ3) is 4.22. The first-order valence-electron chi connectivity index (χ1n) is 12.9. The van der Waals surface area contributed by atoms with Crippen LogP contribution in [0.25, 0.3) is 16.9 Å². The van der Waals surface area contributed by atoms with Gasteiger partial charge in [-0.1, -0.05) is 32.9 Å². The zero-order valence-corrected chi connectivity index (χ0v) is 21.9. The second-order valence-corrected chi connectivity index (χ2v) is 11.7. The molecule has 0 saturated heterocycles. The fourth-order valence-corrected chi connectivity index (χ4v) is 5.22. The molecule has 1 fully saturated rings. The van der Waals surface area contributed by atoms with E-state index in [0.717, 1.165) is 35.3 Å². The van der Waals surface area contributed by atoms with Gasteiger partial charge in [0.1, 0.15) is 11.6 Å². The highest BCUT2D eigenvalue weighted by Crippen LogP contribution is 2.36. The number of rotatable bonds is 4. The van der Waals surface area contributed by atoms with Crippen molar-refractivity contribution in [2.24, 2.45) is 0 Å². The van der Waals surface area contributed by atoms with Crippen molar-refractivity contribution < 1.29 is 5.11 Å². The highest BCUT2D eigenvalue weighted by molar-refractivity contribution is 5.77. The molecule has 192 valence electrons. The van der Waals surface area contributed by atoms with E-state index in [-0.39, 0.29) is 22.6 Å². The molecule has 1 atom stereocenters. The molecule has 1 unspecified atom stereocenters. The molecule has 0 amide bonds. The molecule has 6 rings (SSSR count). The first kappa shape index (κ1) is 23.8. The Bertz CT molecular complexity index is 1570. The predicted octanol–water partition coefficient (Wildman–Crippen LogP) is 4.05. The molecule has 4 heterocycles. The molecule has 2 aliphatic rings. The van der Waals surface area contributed by atoms with Gasteiger partial charge in [-0.05, 0) is 62.1 Å². The Morgan fingerprint density at radius 3 is 2.65 bits per heavy atom. The fourth-order valence-electron chi connectivity index (χ4n) is 5.22. The van der Waals surface area contributed by atoms with Crippen LogP contribution < -0.4 is 16.2 Å². The first-order valence-corrected chi connectivity index (χ1v) is 12.9. The summed E-state index contributed by atoms with van der Waals surface area (Å²) in [4.78, 5) is 27.6. The fraction of sp³-hybridized carbons (Fsp3) is 0.429. The molecule has 0 spiro atoms. The maximum absolute atomic E-state index is 13.4. The lowest BCUT2D eigenvalue weighted by Gasteiger charge is -2.37. The zero-order valence-electron chi connectivity index (χ0n) is 21.9. The van der Waals surface area contributed by atoms with Crippen molar-refractivity contribution in [1.82, 2.24) is 29.6 Å². The minimum absolute atomic E-state index is 0.0930. The summed E-state index contributed by atoms with van der Waals surface area (Å²) < 4.78 is 3.64. The lowest BCUT2D eigenvalue weighted by molar-refractivity contribution is 0.0889. The Hall–Kier alpha value is -3.56. The number of aliphatic hydroxyl groups excluding tert-OH is 1. The summed E-state index contributed by atoms with van der Waals surface area (Å²) in [5, 5.41) is 17.3. The van der Waals surface area contributed by atoms with Gasteiger partial charge in [-0.15, -0.1) is 0 Å². The Balaban J connectivity index is 1.44. The van der Waals surface area contributed by atoms with E-state index in [1.807, 2.05) is 35.0 Å². The minimum atomic E-state index is -0.599. The molecular formula is C28H33N7O2. The largest absolute Gasteiger partial charge is 0.378 e. The molecule has 3 aromatic heterocycles. The van der Waals surface area contributed by atoms with Crippen LogP contribution in [0.2, 0.25) is 0 Å². The second kappa shape index (κ2) is 8.22. The van der Waals surface area contributed by atoms with Crippen LogP contribution in [-0.4, -0.2) is 35.6 Å². The van der Waals surface area contributed by atoms with Gasteiger partial charge in [0, 0.05) is 35.0 Å². The number of nitrogens with zero attached hydrogens (tertiary/aromatic N) is 5. The van der Waals surface area contributed by atoms with E-state index in [4.69, 9.17) is 9.97 Å². The van der Waals surface area contributed by atoms with Crippen LogP contribution in [0.5, 0.6) is 0 Å². The van der Waals surface area contributed by atoms with Gasteiger partial charge in [0.15, 0.2) is 11.5 Å². The van der Waals surface area contributed by atoms with Crippen molar-refractivity contribution in [1.29, 1.82) is 0 Å². The molecule has 37 heavy (non-hydrogen) atoms. The van der Waals surface area contributed by atoms with Crippen molar-refractivity contribution in [3.63, 3.8) is 0 Å². The van der Waals surface area contributed by atoms with Crippen LogP contribution in [0.3, 0.4) is 0 Å². The molecule has 1 saturated carbocycles. The van der Waals surface area contributed by atoms with Crippen molar-refractivity contribution in [2.45, 2.75) is 77.1 Å². The quantitative estimate of drug-likeness (QED) is 0.389. The van der Waals surface area contributed by atoms with Gasteiger partial charge in [0.25, 0.3) is 5.56 Å². The summed E-state index contributed by atoms with van der Waals surface area (Å²) in [5.41, 5.74) is 3.99. The number of nitrogens with one attached hydrogen (secondary N) is 2. The van der Waals surface area contributed by atoms with Crippen molar-refractivity contribution >= 4 is 22.7 Å². The molecular weight excluding hydrogens is 466 g/mol. The lowest BCUT2D eigenvalue weighted by Crippen LogP contribution is -2.49. The van der Waals surface area contributed by atoms with Gasteiger partial charge in [-0.2, -0.15) is 4.98 Å². The second-order valence-electron chi connectivity index (χ2n) is 11.7. The van der Waals surface area contributed by atoms with Gasteiger partial charge >= 0.3 is 0 Å². The van der Waals surface area contributed by atoms with Gasteiger partial charge in [0.05, 0.1) is 6.04 Å². The number of aromatic nitrogens is 5. The predicted molar refractivity (Wildman–Crippen MR) is 143 cm³/mol. The van der Waals surface area contributed by atoms with E-state index in [0.29, 0.717) is 29.2 Å². The summed E-state index contributed by atoms with van der Waals surface area (Å²) in [6, 6.07) is 12.1. The molecule has 0 radical (unpaired) electrons. The van der Waals surface area contributed by atoms with Crippen molar-refractivity contribution in [3.8, 4) is 5.82 Å². The van der Waals surface area contributed by atoms with E-state index in [2.05, 4.69) is 56.3 Å². The molecule has 4 aromatic rings. The Morgan fingerprint density at radius 2 is 1.92 bits per heavy atom. The molecule has 1 aromatic carbocycles. The SMILES string of the molecule is CC(C)(C)c1cccc(-n2c3nc(Nc4ccc5c(c4)CC(O)NC5(C)C)ncc3c(=O)n2C2CC2)n1. The first-order chi connectivity index (χ1) is 17.5. The molecule has 0 bridgehead atoms. The summed E-state index contributed by atoms with van der Waals surface area (Å²) in [6.07, 6.45) is 3.44. The topological polar surface area (TPSA) is 110 Å². The summed E-state index contributed by atoms with van der Waals surface area (Å²) in [6.45, 7) is 10.5. The molecule has 9 heteroatoms. The molecule has 1 aliphatic carbocycles. The minimum Gasteiger partial charge on any atom is -0.378 e. The van der Waals surface area contributed by atoms with Crippen LogP contribution in [0, 0.1) is 0 Å². The number of aliphatic hydroxyl groups is 1. The normalized spacial score (nSPS) is 19.1. The zero-order chi connectivity index (χ0) is 26.1. The van der Waals surface area contributed by atoms with E-state index in [9.17, 15) is 9.90 Å². The highest BCUT2D eigenvalue weighted by Gasteiger charge is 2.32. The van der Waals surface area contributed by atoms with Crippen LogP contribution in [0.15, 0.2) is 47.4 Å². The number of pyridine rings is 1. The van der Waals surface area contributed by atoms with E-state index in [1.165, 1.54) is 0 Å². The van der Waals surface area contributed by atoms with E-state index < -0.39 is 6.23 Å². The summed E-state index contributed by atoms with van der Waals surface area (Å²) >= 11 is 0. The van der Waals surface area contributed by atoms with E-state index in [1.54, 1.807) is 10.9 Å². The maximum atomic E-state index is 13.4. The van der Waals surface area contributed by atoms with Crippen LogP contribution in [0.1, 0.15) is 70.3 Å². The molecule has 9 nitrogen and oxygen atoms in total. The summed E-state index contributed by atoms with van der Waals surface area (Å²) in [5.74, 6) is 1.07. The third-order valence-electron chi connectivity index (χ3n) is 7.21. The number of anilines is 2. The van der Waals surface area contributed by atoms with Crippen molar-refractivity contribution in [3.05, 3.63) is 69.8 Å². The van der Waals surface area contributed by atoms with Gasteiger partial charge < -0.3 is 10.4 Å². The smallest absolute Gasteiger partial charge is 0.278 e. The standard InChI is InChI=1S/C28H33N7O2/c1-27(2,3)21-7-6-8-22(31-21)35-24-19(25(37)34(35)18-10-11-18)15-29-26(32-24)30-17-9-12-20-16(13-17)14-23(36)33-28(20,4)5/h6-9,12-13,15,18,23,33,36H,10-11,14H2,1-5H3,(H,29,30,32). The average molecular weight is 500 g/mol. The molecule has 1 aliphatic heterocycles. The van der Waals surface area contributed by atoms with Gasteiger partial charge in [-0.3, -0.25) is 10.1 Å². The molecule has 3 N–H and O–H groups in total. The summed E-state index contributed by atoms with van der Waals surface area (Å²) in [7, 11) is 0. The van der Waals surface area contributed by atoms with Crippen LogP contribution >= 0.6 is 0 Å². The van der Waals surface area contributed by atoms with Gasteiger partial charge in [-0.25, -0.2) is 19.3 Å².